The summed E-state index contributed by atoms with van der Waals surface area (Å²) >= 11 is 0. The molecule has 3 rings (SSSR count). The maximum absolute atomic E-state index is 12.8. The number of likely N-dealkylation sites (tertiary alicyclic amines) is 1. The minimum atomic E-state index is 0.0520. The number of nitrogen functional groups attached to an aromatic ring is 1. The molecule has 1 aromatic carbocycles. The first kappa shape index (κ1) is 19.0. The van der Waals surface area contributed by atoms with E-state index in [2.05, 4.69) is 21.4 Å². The first-order valence-electron chi connectivity index (χ1n) is 9.29. The minimum absolute atomic E-state index is 0.0520. The fourth-order valence-electron chi connectivity index (χ4n) is 3.53. The molecule has 1 aliphatic heterocycles. The number of allylic oxidation sites excluding steroid dienone is 1. The Balaban J connectivity index is 1.55. The Morgan fingerprint density at radius 1 is 1.41 bits per heavy atom. The molecular weight excluding hydrogens is 338 g/mol. The largest absolute Gasteiger partial charge is 0.384 e. The molecule has 2 N–H and O–H groups in total. The number of likely N-dealkylation sites (N-methyl/N-ethyl adjacent to an activating group) is 1. The van der Waals surface area contributed by atoms with E-state index in [1.165, 1.54) is 0 Å². The third kappa shape index (κ3) is 4.92. The molecule has 0 saturated carbocycles. The number of aromatic nitrogens is 2. The van der Waals surface area contributed by atoms with Crippen LogP contribution in [-0.4, -0.2) is 51.9 Å². The highest BCUT2D eigenvalue weighted by Crippen LogP contribution is 2.24. The van der Waals surface area contributed by atoms with Crippen molar-refractivity contribution in [2.24, 2.45) is 0 Å². The highest BCUT2D eigenvalue weighted by atomic mass is 16.2. The Morgan fingerprint density at radius 3 is 2.89 bits per heavy atom. The fourth-order valence-corrected chi connectivity index (χ4v) is 3.53. The monoisotopic (exact) mass is 365 g/mol. The molecule has 0 spiro atoms. The van der Waals surface area contributed by atoms with Crippen molar-refractivity contribution in [1.29, 1.82) is 0 Å². The number of amides is 1. The number of anilines is 1. The number of rotatable bonds is 7. The summed E-state index contributed by atoms with van der Waals surface area (Å²) < 4.78 is 0. The molecule has 2 atom stereocenters. The SMILES string of the molecule is C=C[C@@H](CC(=O)N1CC[C@H](N(C)Cc2nccc(N)n2)C1)c1ccccc1. The van der Waals surface area contributed by atoms with Crippen LogP contribution in [0.4, 0.5) is 5.82 Å². The molecule has 1 amide bonds. The summed E-state index contributed by atoms with van der Waals surface area (Å²) in [5.74, 6) is 1.42. The lowest BCUT2D eigenvalue weighted by Gasteiger charge is -2.24. The Morgan fingerprint density at radius 2 is 2.19 bits per heavy atom. The molecular formula is C21H27N5O. The smallest absolute Gasteiger partial charge is 0.223 e. The van der Waals surface area contributed by atoms with Crippen molar-refractivity contribution in [2.45, 2.75) is 31.3 Å². The van der Waals surface area contributed by atoms with Crippen LogP contribution in [0.2, 0.25) is 0 Å². The van der Waals surface area contributed by atoms with Crippen molar-refractivity contribution < 1.29 is 4.79 Å². The standard InChI is InChI=1S/C21H27N5O/c1-3-16(17-7-5-4-6-8-17)13-21(27)26-12-10-18(14-26)25(2)15-20-23-11-9-19(22)24-20/h3-9,11,16,18H,1,10,12-15H2,2H3,(H2,22,23,24)/t16-,18-/m0/s1. The zero-order valence-corrected chi connectivity index (χ0v) is 15.8. The van der Waals surface area contributed by atoms with Crippen molar-refractivity contribution in [3.05, 3.63) is 66.6 Å². The number of nitrogens with zero attached hydrogens (tertiary/aromatic N) is 4. The number of hydrogen-bond donors (Lipinski definition) is 1. The highest BCUT2D eigenvalue weighted by molar-refractivity contribution is 5.77. The predicted molar refractivity (Wildman–Crippen MR) is 107 cm³/mol. The van der Waals surface area contributed by atoms with Gasteiger partial charge in [-0.2, -0.15) is 0 Å². The van der Waals surface area contributed by atoms with Gasteiger partial charge in [-0.05, 0) is 25.1 Å². The van der Waals surface area contributed by atoms with E-state index in [0.29, 0.717) is 30.6 Å². The van der Waals surface area contributed by atoms with E-state index in [1.54, 1.807) is 12.3 Å². The summed E-state index contributed by atoms with van der Waals surface area (Å²) in [6.07, 6.45) is 4.95. The van der Waals surface area contributed by atoms with Gasteiger partial charge in [0.05, 0.1) is 6.54 Å². The Kier molecular flexibility index (Phi) is 6.19. The molecule has 2 heterocycles. The van der Waals surface area contributed by atoms with Crippen LogP contribution in [0.1, 0.15) is 30.1 Å². The maximum atomic E-state index is 12.8. The topological polar surface area (TPSA) is 75.4 Å². The molecule has 1 aliphatic rings. The molecule has 1 fully saturated rings. The van der Waals surface area contributed by atoms with E-state index >= 15 is 0 Å². The van der Waals surface area contributed by atoms with Gasteiger partial charge < -0.3 is 10.6 Å². The molecule has 2 aromatic rings. The van der Waals surface area contributed by atoms with Crippen molar-refractivity contribution in [3.8, 4) is 0 Å². The highest BCUT2D eigenvalue weighted by Gasteiger charge is 2.30. The van der Waals surface area contributed by atoms with E-state index in [4.69, 9.17) is 5.73 Å². The summed E-state index contributed by atoms with van der Waals surface area (Å²) in [5.41, 5.74) is 6.86. The third-order valence-corrected chi connectivity index (χ3v) is 5.16. The summed E-state index contributed by atoms with van der Waals surface area (Å²) in [5, 5.41) is 0. The van der Waals surface area contributed by atoms with Gasteiger partial charge in [0.15, 0.2) is 0 Å². The van der Waals surface area contributed by atoms with Crippen LogP contribution in [0, 0.1) is 0 Å². The average Bonchev–Trinajstić information content (AvgIpc) is 3.17. The molecule has 27 heavy (non-hydrogen) atoms. The van der Waals surface area contributed by atoms with E-state index < -0.39 is 0 Å². The second kappa shape index (κ2) is 8.77. The van der Waals surface area contributed by atoms with Gasteiger partial charge in [0.1, 0.15) is 11.6 Å². The van der Waals surface area contributed by atoms with Gasteiger partial charge in [-0.1, -0.05) is 36.4 Å². The molecule has 1 saturated heterocycles. The van der Waals surface area contributed by atoms with E-state index in [0.717, 1.165) is 25.1 Å². The molecule has 0 unspecified atom stereocenters. The number of carbonyl (C=O) groups is 1. The van der Waals surface area contributed by atoms with Crippen molar-refractivity contribution in [3.63, 3.8) is 0 Å². The summed E-state index contributed by atoms with van der Waals surface area (Å²) in [7, 11) is 2.04. The Bertz CT molecular complexity index is 779. The van der Waals surface area contributed by atoms with Gasteiger partial charge in [0.25, 0.3) is 0 Å². The van der Waals surface area contributed by atoms with E-state index in [-0.39, 0.29) is 11.8 Å². The molecule has 0 aliphatic carbocycles. The summed E-state index contributed by atoms with van der Waals surface area (Å²) in [6, 6.07) is 12.1. The first-order chi connectivity index (χ1) is 13.1. The van der Waals surface area contributed by atoms with Crippen LogP contribution in [0.3, 0.4) is 0 Å². The molecule has 6 heteroatoms. The third-order valence-electron chi connectivity index (χ3n) is 5.16. The first-order valence-corrected chi connectivity index (χ1v) is 9.29. The fraction of sp³-hybridized carbons (Fsp3) is 0.381. The van der Waals surface area contributed by atoms with Crippen LogP contribution in [0.15, 0.2) is 55.3 Å². The zero-order chi connectivity index (χ0) is 19.2. The van der Waals surface area contributed by atoms with Gasteiger partial charge in [0.2, 0.25) is 5.91 Å². The van der Waals surface area contributed by atoms with Crippen molar-refractivity contribution in [2.75, 3.05) is 25.9 Å². The maximum Gasteiger partial charge on any atom is 0.223 e. The number of carbonyl (C=O) groups excluding carboxylic acids is 1. The quantitative estimate of drug-likeness (QED) is 0.763. The predicted octanol–water partition coefficient (Wildman–Crippen LogP) is 2.45. The van der Waals surface area contributed by atoms with Gasteiger partial charge in [-0.3, -0.25) is 9.69 Å². The number of benzene rings is 1. The second-order valence-electron chi connectivity index (χ2n) is 7.05. The normalized spacial score (nSPS) is 17.9. The van der Waals surface area contributed by atoms with Gasteiger partial charge in [-0.25, -0.2) is 9.97 Å². The van der Waals surface area contributed by atoms with Crippen LogP contribution in [-0.2, 0) is 11.3 Å². The minimum Gasteiger partial charge on any atom is -0.384 e. The van der Waals surface area contributed by atoms with Gasteiger partial charge in [-0.15, -0.1) is 6.58 Å². The van der Waals surface area contributed by atoms with Gasteiger partial charge >= 0.3 is 0 Å². The van der Waals surface area contributed by atoms with Crippen LogP contribution in [0.25, 0.3) is 0 Å². The van der Waals surface area contributed by atoms with Crippen LogP contribution in [0.5, 0.6) is 0 Å². The lowest BCUT2D eigenvalue weighted by molar-refractivity contribution is -0.130. The number of nitrogens with two attached hydrogens (primary N) is 1. The lowest BCUT2D eigenvalue weighted by Crippen LogP contribution is -2.36. The second-order valence-corrected chi connectivity index (χ2v) is 7.05. The van der Waals surface area contributed by atoms with Crippen LogP contribution < -0.4 is 5.73 Å². The molecule has 6 nitrogen and oxygen atoms in total. The molecule has 1 aromatic heterocycles. The lowest BCUT2D eigenvalue weighted by atomic mass is 9.95. The summed E-state index contributed by atoms with van der Waals surface area (Å²) in [4.78, 5) is 25.5. The van der Waals surface area contributed by atoms with Crippen molar-refractivity contribution >= 4 is 11.7 Å². The molecule has 0 bridgehead atoms. The van der Waals surface area contributed by atoms with Gasteiger partial charge in [0, 0.05) is 37.7 Å². The molecule has 0 radical (unpaired) electrons. The van der Waals surface area contributed by atoms with E-state index in [1.807, 2.05) is 48.4 Å². The van der Waals surface area contributed by atoms with Crippen LogP contribution >= 0.6 is 0 Å². The van der Waals surface area contributed by atoms with E-state index in [9.17, 15) is 4.79 Å². The molecule has 142 valence electrons. The van der Waals surface area contributed by atoms with Crippen molar-refractivity contribution in [1.82, 2.24) is 19.8 Å². The summed E-state index contributed by atoms with van der Waals surface area (Å²) in [6.45, 7) is 6.05. The zero-order valence-electron chi connectivity index (χ0n) is 15.8. The Labute approximate surface area is 160 Å². The Hall–Kier alpha value is -2.73. The number of hydrogen-bond acceptors (Lipinski definition) is 5. The average molecular weight is 365 g/mol.